The maximum atomic E-state index is 12.8. The van der Waals surface area contributed by atoms with Gasteiger partial charge in [-0.2, -0.15) is 5.26 Å². The van der Waals surface area contributed by atoms with E-state index >= 15 is 0 Å². The number of amides is 1. The van der Waals surface area contributed by atoms with Crippen LogP contribution in [0.2, 0.25) is 0 Å². The Hall–Kier alpha value is -3.31. The van der Waals surface area contributed by atoms with Crippen LogP contribution in [0.1, 0.15) is 61.0 Å². The highest BCUT2D eigenvalue weighted by molar-refractivity contribution is 7.92. The number of sulfonamides is 1. The zero-order chi connectivity index (χ0) is 23.9. The van der Waals surface area contributed by atoms with E-state index in [1.807, 2.05) is 42.2 Å². The predicted octanol–water partition coefficient (Wildman–Crippen LogP) is 4.90. The van der Waals surface area contributed by atoms with Crippen LogP contribution >= 0.6 is 0 Å². The lowest BCUT2D eigenvalue weighted by atomic mass is 9.92. The van der Waals surface area contributed by atoms with Crippen LogP contribution in [0.15, 0.2) is 42.5 Å². The van der Waals surface area contributed by atoms with Gasteiger partial charge in [-0.1, -0.05) is 19.1 Å². The molecule has 34 heavy (non-hydrogen) atoms. The Balaban J connectivity index is 1.59. The molecule has 0 atom stereocenters. The Morgan fingerprint density at radius 1 is 1.12 bits per heavy atom. The fourth-order valence-electron chi connectivity index (χ4n) is 4.77. The van der Waals surface area contributed by atoms with Gasteiger partial charge in [-0.05, 0) is 68.0 Å². The number of fused-ring (bicyclic) bond motifs is 1. The number of anilines is 1. The number of carbonyl (C=O) groups is 1. The van der Waals surface area contributed by atoms with Crippen molar-refractivity contribution in [2.24, 2.45) is 0 Å². The third-order valence-electron chi connectivity index (χ3n) is 6.85. The lowest BCUT2D eigenvalue weighted by Gasteiger charge is -2.31. The highest BCUT2D eigenvalue weighted by atomic mass is 32.2. The zero-order valence-corrected chi connectivity index (χ0v) is 20.1. The second-order valence-electron chi connectivity index (χ2n) is 9.17. The minimum Gasteiger partial charge on any atom is -0.339 e. The lowest BCUT2D eigenvalue weighted by molar-refractivity contribution is 0.0652. The summed E-state index contributed by atoms with van der Waals surface area (Å²) in [6, 6.07) is 15.6. The molecular weight excluding hydrogens is 448 g/mol. The Kier molecular flexibility index (Phi) is 5.82. The van der Waals surface area contributed by atoms with Crippen LogP contribution in [-0.4, -0.2) is 42.6 Å². The van der Waals surface area contributed by atoms with E-state index in [1.165, 1.54) is 0 Å². The van der Waals surface area contributed by atoms with E-state index in [2.05, 4.69) is 15.4 Å². The van der Waals surface area contributed by atoms with Gasteiger partial charge in [-0.25, -0.2) is 8.42 Å². The first-order chi connectivity index (χ1) is 16.4. The van der Waals surface area contributed by atoms with E-state index in [0.29, 0.717) is 29.3 Å². The summed E-state index contributed by atoms with van der Waals surface area (Å²) in [5.41, 5.74) is 4.32. The SMILES string of the molecule is CCCS(=O)(=O)Nc1ccc(-c2c(C#N)c3cc(C(=O)N4CCC4)ccc3n2C2CCC2)cc1. The first kappa shape index (κ1) is 22.5. The number of likely N-dealkylation sites (tertiary alicyclic amines) is 1. The molecule has 8 heteroatoms. The van der Waals surface area contributed by atoms with Crippen molar-refractivity contribution in [1.29, 1.82) is 5.26 Å². The molecule has 0 bridgehead atoms. The second kappa shape index (κ2) is 8.80. The standard InChI is InChI=1S/C26H28N4O3S/c1-2-15-34(32,33)28-20-10-7-18(8-11-20)25-23(17-27)22-16-19(26(31)29-13-4-14-29)9-12-24(22)30(25)21-5-3-6-21/h7-12,16,21,28H,2-6,13-15H2,1H3. The summed E-state index contributed by atoms with van der Waals surface area (Å²) in [6.45, 7) is 3.39. The smallest absolute Gasteiger partial charge is 0.253 e. The third-order valence-corrected chi connectivity index (χ3v) is 8.34. The number of aromatic nitrogens is 1. The van der Waals surface area contributed by atoms with Crippen LogP contribution < -0.4 is 4.72 Å². The molecule has 2 aliphatic rings. The van der Waals surface area contributed by atoms with Gasteiger partial charge < -0.3 is 9.47 Å². The molecule has 7 nitrogen and oxygen atoms in total. The molecule has 3 aromatic rings. The van der Waals surface area contributed by atoms with Crippen molar-refractivity contribution < 1.29 is 13.2 Å². The lowest BCUT2D eigenvalue weighted by Crippen LogP contribution is -2.41. The summed E-state index contributed by atoms with van der Waals surface area (Å²) in [4.78, 5) is 14.6. The number of nitrogens with zero attached hydrogens (tertiary/aromatic N) is 3. The molecule has 1 aliphatic carbocycles. The van der Waals surface area contributed by atoms with Crippen LogP contribution in [-0.2, 0) is 10.0 Å². The Morgan fingerprint density at radius 3 is 2.41 bits per heavy atom. The molecule has 0 radical (unpaired) electrons. The molecule has 2 fully saturated rings. The summed E-state index contributed by atoms with van der Waals surface area (Å²) < 4.78 is 29.1. The molecule has 5 rings (SSSR count). The van der Waals surface area contributed by atoms with Crippen molar-refractivity contribution >= 4 is 32.5 Å². The number of nitriles is 1. The molecular formula is C26H28N4O3S. The van der Waals surface area contributed by atoms with E-state index in [4.69, 9.17) is 0 Å². The van der Waals surface area contributed by atoms with Gasteiger partial charge in [0, 0.05) is 35.8 Å². The van der Waals surface area contributed by atoms with Gasteiger partial charge in [-0.3, -0.25) is 9.52 Å². The van der Waals surface area contributed by atoms with Gasteiger partial charge in [0.05, 0.1) is 22.5 Å². The van der Waals surface area contributed by atoms with E-state index in [-0.39, 0.29) is 11.7 Å². The Bertz CT molecular complexity index is 1390. The van der Waals surface area contributed by atoms with Gasteiger partial charge in [-0.15, -0.1) is 0 Å². The van der Waals surface area contributed by atoms with Gasteiger partial charge >= 0.3 is 0 Å². The summed E-state index contributed by atoms with van der Waals surface area (Å²) in [7, 11) is -3.37. The molecule has 2 heterocycles. The number of hydrogen-bond donors (Lipinski definition) is 1. The quantitative estimate of drug-likeness (QED) is 0.524. The molecule has 2 aromatic carbocycles. The number of hydrogen-bond acceptors (Lipinski definition) is 4. The summed E-state index contributed by atoms with van der Waals surface area (Å²) in [5.74, 6) is 0.0838. The largest absolute Gasteiger partial charge is 0.339 e. The van der Waals surface area contributed by atoms with Crippen LogP contribution in [0.4, 0.5) is 5.69 Å². The first-order valence-corrected chi connectivity index (χ1v) is 13.6. The van der Waals surface area contributed by atoms with Crippen molar-refractivity contribution in [3.63, 3.8) is 0 Å². The molecule has 1 saturated carbocycles. The summed E-state index contributed by atoms with van der Waals surface area (Å²) >= 11 is 0. The van der Waals surface area contributed by atoms with Crippen molar-refractivity contribution in [1.82, 2.24) is 9.47 Å². The van der Waals surface area contributed by atoms with Gasteiger partial charge in [0.25, 0.3) is 5.91 Å². The van der Waals surface area contributed by atoms with E-state index in [1.54, 1.807) is 12.1 Å². The molecule has 176 valence electrons. The minimum atomic E-state index is -3.37. The summed E-state index contributed by atoms with van der Waals surface area (Å²) in [6.07, 6.45) is 4.82. The van der Waals surface area contributed by atoms with Crippen LogP contribution in [0.5, 0.6) is 0 Å². The first-order valence-electron chi connectivity index (χ1n) is 11.9. The maximum absolute atomic E-state index is 12.8. The number of nitrogens with one attached hydrogen (secondary N) is 1. The van der Waals surface area contributed by atoms with Crippen LogP contribution in [0.3, 0.4) is 0 Å². The minimum absolute atomic E-state index is 0.0127. The van der Waals surface area contributed by atoms with Gasteiger partial charge in [0.15, 0.2) is 0 Å². The van der Waals surface area contributed by atoms with Crippen molar-refractivity contribution in [2.75, 3.05) is 23.6 Å². The number of rotatable bonds is 7. The molecule has 0 spiro atoms. The summed E-state index contributed by atoms with van der Waals surface area (Å²) in [5, 5.41) is 11.0. The average molecular weight is 477 g/mol. The maximum Gasteiger partial charge on any atom is 0.253 e. The fraction of sp³-hybridized carbons (Fsp3) is 0.385. The van der Waals surface area contributed by atoms with E-state index < -0.39 is 10.0 Å². The fourth-order valence-corrected chi connectivity index (χ4v) is 5.90. The molecule has 0 unspecified atom stereocenters. The average Bonchev–Trinajstić information content (AvgIpc) is 3.04. The molecule has 1 saturated heterocycles. The highest BCUT2D eigenvalue weighted by Gasteiger charge is 2.29. The molecule has 1 aliphatic heterocycles. The third kappa shape index (κ3) is 3.94. The zero-order valence-electron chi connectivity index (χ0n) is 19.3. The predicted molar refractivity (Wildman–Crippen MR) is 133 cm³/mol. The van der Waals surface area contributed by atoms with Crippen LogP contribution in [0.25, 0.3) is 22.2 Å². The van der Waals surface area contributed by atoms with E-state index in [9.17, 15) is 18.5 Å². The van der Waals surface area contributed by atoms with Crippen molar-refractivity contribution in [2.45, 2.75) is 45.1 Å². The van der Waals surface area contributed by atoms with Gasteiger partial charge in [0.2, 0.25) is 10.0 Å². The monoisotopic (exact) mass is 476 g/mol. The Morgan fingerprint density at radius 2 is 1.85 bits per heavy atom. The topological polar surface area (TPSA) is 95.2 Å². The van der Waals surface area contributed by atoms with Crippen molar-refractivity contribution in [3.8, 4) is 17.3 Å². The van der Waals surface area contributed by atoms with Gasteiger partial charge in [0.1, 0.15) is 6.07 Å². The van der Waals surface area contributed by atoms with Crippen LogP contribution in [0, 0.1) is 11.3 Å². The van der Waals surface area contributed by atoms with E-state index in [0.717, 1.165) is 60.9 Å². The second-order valence-corrected chi connectivity index (χ2v) is 11.0. The number of benzene rings is 2. The normalized spacial score (nSPS) is 16.1. The van der Waals surface area contributed by atoms with Crippen molar-refractivity contribution in [3.05, 3.63) is 53.6 Å². The highest BCUT2D eigenvalue weighted by Crippen LogP contribution is 2.43. The number of carbonyl (C=O) groups excluding carboxylic acids is 1. The Labute approximate surface area is 200 Å². The molecule has 1 N–H and O–H groups in total. The molecule has 1 amide bonds. The molecule has 1 aromatic heterocycles.